The molecule has 0 aliphatic rings. The number of esters is 2. The minimum absolute atomic E-state index is 0.0315. The van der Waals surface area contributed by atoms with Crippen LogP contribution in [0.4, 0.5) is 0 Å². The highest BCUT2D eigenvalue weighted by atomic mass is 31.2. The van der Waals surface area contributed by atoms with Crippen molar-refractivity contribution in [2.45, 2.75) is 174 Å². The highest BCUT2D eigenvalue weighted by molar-refractivity contribution is 7.47. The molecular weight excluding hydrogens is 653 g/mol. The van der Waals surface area contributed by atoms with Gasteiger partial charge < -0.3 is 18.9 Å². The number of allylic oxidation sites excluding steroid dienone is 4. The molecule has 0 rings (SSSR count). The maximum absolute atomic E-state index is 12.6. The Hall–Kier alpha value is -1.51. The van der Waals surface area contributed by atoms with Gasteiger partial charge in [-0.3, -0.25) is 18.6 Å². The summed E-state index contributed by atoms with van der Waals surface area (Å²) in [5.41, 5.74) is 0. The molecular formula is C40H77NO8P+. The van der Waals surface area contributed by atoms with E-state index < -0.39 is 26.5 Å². The van der Waals surface area contributed by atoms with Gasteiger partial charge >= 0.3 is 19.8 Å². The summed E-state index contributed by atoms with van der Waals surface area (Å²) in [5, 5.41) is 0. The van der Waals surface area contributed by atoms with Crippen LogP contribution in [-0.4, -0.2) is 74.9 Å². The molecule has 0 radical (unpaired) electrons. The van der Waals surface area contributed by atoms with Crippen molar-refractivity contribution in [2.24, 2.45) is 0 Å². The first-order chi connectivity index (χ1) is 24.0. The van der Waals surface area contributed by atoms with Gasteiger partial charge in [0.15, 0.2) is 6.10 Å². The lowest BCUT2D eigenvalue weighted by molar-refractivity contribution is -0.870. The number of unbranched alkanes of at least 4 members (excludes halogenated alkanes) is 18. The molecule has 2 atom stereocenters. The van der Waals surface area contributed by atoms with Crippen LogP contribution in [0.2, 0.25) is 0 Å². The number of phosphoric acid groups is 1. The Morgan fingerprint density at radius 3 is 1.66 bits per heavy atom. The van der Waals surface area contributed by atoms with Crippen LogP contribution in [0.1, 0.15) is 168 Å². The van der Waals surface area contributed by atoms with E-state index in [4.69, 9.17) is 18.5 Å². The second-order valence-corrected chi connectivity index (χ2v) is 16.1. The quantitative estimate of drug-likeness (QED) is 0.0223. The largest absolute Gasteiger partial charge is 0.472 e. The van der Waals surface area contributed by atoms with E-state index in [1.165, 1.54) is 77.0 Å². The molecule has 0 amide bonds. The Morgan fingerprint density at radius 1 is 0.620 bits per heavy atom. The smallest absolute Gasteiger partial charge is 0.462 e. The Labute approximate surface area is 307 Å². The normalized spacial score (nSPS) is 14.0. The molecule has 10 heteroatoms. The van der Waals surface area contributed by atoms with Crippen molar-refractivity contribution >= 4 is 19.8 Å². The average Bonchev–Trinajstić information content (AvgIpc) is 3.06. The molecule has 0 aliphatic heterocycles. The lowest BCUT2D eigenvalue weighted by atomic mass is 10.1. The molecule has 0 aromatic carbocycles. The molecule has 1 unspecified atom stereocenters. The second-order valence-electron chi connectivity index (χ2n) is 14.7. The van der Waals surface area contributed by atoms with Gasteiger partial charge in [0, 0.05) is 12.8 Å². The predicted molar refractivity (Wildman–Crippen MR) is 206 cm³/mol. The van der Waals surface area contributed by atoms with Crippen LogP contribution in [0.15, 0.2) is 24.3 Å². The molecule has 0 aliphatic carbocycles. The topological polar surface area (TPSA) is 108 Å². The molecule has 9 nitrogen and oxygen atoms in total. The molecule has 294 valence electrons. The van der Waals surface area contributed by atoms with E-state index in [0.717, 1.165) is 57.8 Å². The summed E-state index contributed by atoms with van der Waals surface area (Å²) in [6, 6.07) is 0. The number of carbonyl (C=O) groups excluding carboxylic acids is 2. The number of hydrogen-bond acceptors (Lipinski definition) is 7. The Kier molecular flexibility index (Phi) is 32.3. The molecule has 1 N–H and O–H groups in total. The summed E-state index contributed by atoms with van der Waals surface area (Å²) in [6.45, 7) is 4.34. The summed E-state index contributed by atoms with van der Waals surface area (Å²) >= 11 is 0. The first-order valence-electron chi connectivity index (χ1n) is 20.1. The van der Waals surface area contributed by atoms with Crippen molar-refractivity contribution in [2.75, 3.05) is 47.5 Å². The van der Waals surface area contributed by atoms with Crippen LogP contribution in [-0.2, 0) is 32.7 Å². The standard InChI is InChI=1S/C40H76NO8P/c1-6-8-10-12-14-16-18-19-20-21-23-25-27-29-31-33-40(43)49-38(37-48-50(44,45)47-35-34-41(3,4)5)36-46-39(42)32-30-28-26-24-22-17-15-13-11-9-7-2/h10,12,16,18,38H,6-9,11,13-15,17,19-37H2,1-5H3/p+1/b12-10-,18-16-/t38-/m1/s1. The lowest BCUT2D eigenvalue weighted by Gasteiger charge is -2.24. The summed E-state index contributed by atoms with van der Waals surface area (Å²) in [7, 11) is 1.47. The summed E-state index contributed by atoms with van der Waals surface area (Å²) in [5.74, 6) is -0.806. The highest BCUT2D eigenvalue weighted by Gasteiger charge is 2.27. The summed E-state index contributed by atoms with van der Waals surface area (Å²) in [4.78, 5) is 35.2. The van der Waals surface area contributed by atoms with Crippen molar-refractivity contribution in [1.82, 2.24) is 0 Å². The fourth-order valence-electron chi connectivity index (χ4n) is 5.29. The van der Waals surface area contributed by atoms with Gasteiger partial charge in [-0.1, -0.05) is 141 Å². The third-order valence-corrected chi connectivity index (χ3v) is 9.45. The molecule has 0 bridgehead atoms. The zero-order chi connectivity index (χ0) is 37.2. The molecule has 0 saturated carbocycles. The van der Waals surface area contributed by atoms with E-state index in [-0.39, 0.29) is 25.6 Å². The lowest BCUT2D eigenvalue weighted by Crippen LogP contribution is -2.37. The van der Waals surface area contributed by atoms with Gasteiger partial charge in [-0.15, -0.1) is 0 Å². The van der Waals surface area contributed by atoms with Crippen LogP contribution < -0.4 is 0 Å². The van der Waals surface area contributed by atoms with Crippen molar-refractivity contribution in [1.29, 1.82) is 0 Å². The summed E-state index contributed by atoms with van der Waals surface area (Å²) in [6.07, 6.45) is 33.6. The molecule has 50 heavy (non-hydrogen) atoms. The van der Waals surface area contributed by atoms with Crippen LogP contribution in [0.3, 0.4) is 0 Å². The van der Waals surface area contributed by atoms with Crippen LogP contribution in [0.25, 0.3) is 0 Å². The number of likely N-dealkylation sites (N-methyl/N-ethyl adjacent to an activating group) is 1. The summed E-state index contributed by atoms with van der Waals surface area (Å²) < 4.78 is 34.2. The minimum Gasteiger partial charge on any atom is -0.462 e. The molecule has 0 aromatic rings. The first kappa shape index (κ1) is 48.5. The van der Waals surface area contributed by atoms with Crippen LogP contribution in [0.5, 0.6) is 0 Å². The zero-order valence-corrected chi connectivity index (χ0v) is 33.8. The third kappa shape index (κ3) is 36.3. The molecule has 0 saturated heterocycles. The third-order valence-electron chi connectivity index (χ3n) is 8.47. The van der Waals surface area contributed by atoms with E-state index in [9.17, 15) is 19.0 Å². The zero-order valence-electron chi connectivity index (χ0n) is 32.9. The number of ether oxygens (including phenoxy) is 2. The Bertz CT molecular complexity index is 918. The first-order valence-corrected chi connectivity index (χ1v) is 21.6. The van der Waals surface area contributed by atoms with Gasteiger partial charge in [0.1, 0.15) is 19.8 Å². The van der Waals surface area contributed by atoms with Gasteiger partial charge in [0.2, 0.25) is 0 Å². The van der Waals surface area contributed by atoms with E-state index in [1.54, 1.807) is 0 Å². The molecule has 0 fully saturated rings. The van der Waals surface area contributed by atoms with Crippen LogP contribution in [0, 0.1) is 0 Å². The number of phosphoric ester groups is 1. The van der Waals surface area contributed by atoms with E-state index in [0.29, 0.717) is 23.9 Å². The highest BCUT2D eigenvalue weighted by Crippen LogP contribution is 2.43. The minimum atomic E-state index is -4.37. The average molecular weight is 731 g/mol. The fraction of sp³-hybridized carbons (Fsp3) is 0.850. The molecule has 0 heterocycles. The molecule has 0 aromatic heterocycles. The van der Waals surface area contributed by atoms with Gasteiger partial charge in [0.05, 0.1) is 27.7 Å². The predicted octanol–water partition coefficient (Wildman–Crippen LogP) is 10.8. The number of carbonyl (C=O) groups is 2. The monoisotopic (exact) mass is 731 g/mol. The maximum Gasteiger partial charge on any atom is 0.472 e. The van der Waals surface area contributed by atoms with E-state index >= 15 is 0 Å². The van der Waals surface area contributed by atoms with Crippen molar-refractivity contribution in [3.63, 3.8) is 0 Å². The van der Waals surface area contributed by atoms with Crippen molar-refractivity contribution in [3.05, 3.63) is 24.3 Å². The van der Waals surface area contributed by atoms with Gasteiger partial charge in [0.25, 0.3) is 0 Å². The van der Waals surface area contributed by atoms with E-state index in [2.05, 4.69) is 38.2 Å². The Morgan fingerprint density at radius 2 is 1.12 bits per heavy atom. The van der Waals surface area contributed by atoms with Crippen molar-refractivity contribution < 1.29 is 42.1 Å². The number of nitrogens with zero attached hydrogens (tertiary/aromatic N) is 1. The number of rotatable bonds is 36. The Balaban J connectivity index is 4.41. The van der Waals surface area contributed by atoms with Crippen LogP contribution >= 0.6 is 7.82 Å². The SMILES string of the molecule is CCC/C=C\C/C=C\CCCCCCCCCC(=O)O[C@H](COC(=O)CCCCCCCCCCCCC)COP(=O)(O)OCC[N+](C)(C)C. The van der Waals surface area contributed by atoms with E-state index in [1.807, 2.05) is 21.1 Å². The maximum atomic E-state index is 12.6. The van der Waals surface area contributed by atoms with Gasteiger partial charge in [-0.25, -0.2) is 4.57 Å². The van der Waals surface area contributed by atoms with Crippen molar-refractivity contribution in [3.8, 4) is 0 Å². The number of quaternary nitrogens is 1. The second kappa shape index (κ2) is 33.3. The van der Waals surface area contributed by atoms with Gasteiger partial charge in [-0.05, 0) is 38.5 Å². The molecule has 0 spiro atoms. The van der Waals surface area contributed by atoms with Gasteiger partial charge in [-0.2, -0.15) is 0 Å². The fourth-order valence-corrected chi connectivity index (χ4v) is 6.03. The number of hydrogen-bond donors (Lipinski definition) is 1.